The SMILES string of the molecule is CC(=O)Nc1ccc(O)c2c1OS(=O)(=O)O2. The lowest BCUT2D eigenvalue weighted by Crippen LogP contribution is -2.09. The van der Waals surface area contributed by atoms with Crippen LogP contribution in [0.4, 0.5) is 5.69 Å². The van der Waals surface area contributed by atoms with Gasteiger partial charge in [0.2, 0.25) is 17.4 Å². The fourth-order valence-corrected chi connectivity index (χ4v) is 1.99. The van der Waals surface area contributed by atoms with Crippen LogP contribution in [-0.2, 0) is 15.2 Å². The summed E-state index contributed by atoms with van der Waals surface area (Å²) in [6.07, 6.45) is 0. The van der Waals surface area contributed by atoms with E-state index in [0.29, 0.717) is 0 Å². The second kappa shape index (κ2) is 3.27. The summed E-state index contributed by atoms with van der Waals surface area (Å²) >= 11 is 0. The van der Waals surface area contributed by atoms with Crippen molar-refractivity contribution in [3.63, 3.8) is 0 Å². The molecule has 1 aromatic carbocycles. The zero-order chi connectivity index (χ0) is 11.9. The quantitative estimate of drug-likeness (QED) is 0.693. The number of hydrogen-bond donors (Lipinski definition) is 2. The van der Waals surface area contributed by atoms with Crippen molar-refractivity contribution in [1.29, 1.82) is 0 Å². The van der Waals surface area contributed by atoms with Crippen LogP contribution in [0.2, 0.25) is 0 Å². The number of aromatic hydroxyl groups is 1. The highest BCUT2D eigenvalue weighted by atomic mass is 32.3. The molecular formula is C8H7NO6S. The average Bonchev–Trinajstić information content (AvgIpc) is 2.47. The summed E-state index contributed by atoms with van der Waals surface area (Å²) in [5.41, 5.74) is 0.112. The van der Waals surface area contributed by atoms with E-state index in [9.17, 15) is 18.3 Å². The molecule has 1 aliphatic rings. The summed E-state index contributed by atoms with van der Waals surface area (Å²) in [5.74, 6) is -1.34. The maximum Gasteiger partial charge on any atom is 0.501 e. The van der Waals surface area contributed by atoms with Gasteiger partial charge >= 0.3 is 10.4 Å². The molecular weight excluding hydrogens is 238 g/mol. The molecule has 16 heavy (non-hydrogen) atoms. The van der Waals surface area contributed by atoms with Gasteiger partial charge in [-0.1, -0.05) is 0 Å². The lowest BCUT2D eigenvalue weighted by molar-refractivity contribution is -0.114. The molecule has 0 fully saturated rings. The Labute approximate surface area is 90.9 Å². The first-order valence-corrected chi connectivity index (χ1v) is 5.50. The molecule has 0 aromatic heterocycles. The molecule has 1 amide bonds. The Morgan fingerprint density at radius 1 is 1.31 bits per heavy atom. The summed E-state index contributed by atoms with van der Waals surface area (Å²) in [7, 11) is -4.20. The van der Waals surface area contributed by atoms with Gasteiger partial charge in [-0.3, -0.25) is 4.79 Å². The molecule has 8 heteroatoms. The third-order valence-electron chi connectivity index (χ3n) is 1.77. The Hall–Kier alpha value is -1.96. The summed E-state index contributed by atoms with van der Waals surface area (Å²) < 4.78 is 30.9. The van der Waals surface area contributed by atoms with Gasteiger partial charge in [0.25, 0.3) is 0 Å². The van der Waals surface area contributed by atoms with E-state index < -0.39 is 16.3 Å². The number of amides is 1. The van der Waals surface area contributed by atoms with E-state index in [4.69, 9.17) is 0 Å². The van der Waals surface area contributed by atoms with E-state index >= 15 is 0 Å². The normalized spacial score (nSPS) is 15.8. The highest BCUT2D eigenvalue weighted by molar-refractivity contribution is 7.82. The molecule has 0 spiro atoms. The number of nitrogens with one attached hydrogen (secondary N) is 1. The molecule has 0 radical (unpaired) electrons. The largest absolute Gasteiger partial charge is 0.504 e. The minimum Gasteiger partial charge on any atom is -0.504 e. The third-order valence-corrected chi connectivity index (χ3v) is 2.51. The lowest BCUT2D eigenvalue weighted by atomic mass is 10.2. The fraction of sp³-hybridized carbons (Fsp3) is 0.125. The van der Waals surface area contributed by atoms with Gasteiger partial charge in [0.15, 0.2) is 5.75 Å². The number of rotatable bonds is 1. The van der Waals surface area contributed by atoms with Crippen molar-refractivity contribution >= 4 is 22.0 Å². The Kier molecular flexibility index (Phi) is 2.16. The van der Waals surface area contributed by atoms with Crippen molar-refractivity contribution < 1.29 is 26.7 Å². The topological polar surface area (TPSA) is 102 Å². The van der Waals surface area contributed by atoms with Gasteiger partial charge < -0.3 is 18.8 Å². The summed E-state index contributed by atoms with van der Waals surface area (Å²) in [4.78, 5) is 10.8. The number of phenols is 1. The van der Waals surface area contributed by atoms with Crippen molar-refractivity contribution in [1.82, 2.24) is 0 Å². The predicted molar refractivity (Wildman–Crippen MR) is 52.6 cm³/mol. The van der Waals surface area contributed by atoms with Gasteiger partial charge in [-0.15, -0.1) is 8.42 Å². The first-order valence-electron chi connectivity index (χ1n) is 4.16. The number of carbonyl (C=O) groups excluding carboxylic acids is 1. The van der Waals surface area contributed by atoms with E-state index in [1.807, 2.05) is 0 Å². The number of phenolic OH excluding ortho intramolecular Hbond substituents is 1. The number of benzene rings is 1. The van der Waals surface area contributed by atoms with Crippen LogP contribution in [0, 0.1) is 0 Å². The van der Waals surface area contributed by atoms with Gasteiger partial charge in [-0.05, 0) is 12.1 Å². The van der Waals surface area contributed by atoms with Gasteiger partial charge in [0.1, 0.15) is 0 Å². The van der Waals surface area contributed by atoms with Crippen LogP contribution in [0.3, 0.4) is 0 Å². The molecule has 0 saturated carbocycles. The Bertz CT molecular complexity index is 564. The molecule has 7 nitrogen and oxygen atoms in total. The van der Waals surface area contributed by atoms with E-state index in [1.165, 1.54) is 19.1 Å². The highest BCUT2D eigenvalue weighted by Crippen LogP contribution is 2.47. The minimum absolute atomic E-state index is 0.112. The lowest BCUT2D eigenvalue weighted by Gasteiger charge is -2.04. The molecule has 0 unspecified atom stereocenters. The van der Waals surface area contributed by atoms with E-state index in [0.717, 1.165) is 0 Å². The molecule has 1 aromatic rings. The molecule has 1 heterocycles. The average molecular weight is 245 g/mol. The van der Waals surface area contributed by atoms with Crippen molar-refractivity contribution in [2.45, 2.75) is 6.92 Å². The van der Waals surface area contributed by atoms with Crippen molar-refractivity contribution in [2.75, 3.05) is 5.32 Å². The first-order chi connectivity index (χ1) is 7.39. The van der Waals surface area contributed by atoms with Crippen LogP contribution in [0.1, 0.15) is 6.92 Å². The van der Waals surface area contributed by atoms with E-state index in [2.05, 4.69) is 13.7 Å². The van der Waals surface area contributed by atoms with E-state index in [-0.39, 0.29) is 22.9 Å². The monoisotopic (exact) mass is 245 g/mol. The minimum atomic E-state index is -4.20. The Morgan fingerprint density at radius 3 is 2.56 bits per heavy atom. The van der Waals surface area contributed by atoms with Crippen LogP contribution >= 0.6 is 0 Å². The maximum atomic E-state index is 11.0. The van der Waals surface area contributed by atoms with Crippen LogP contribution in [0.25, 0.3) is 0 Å². The standard InChI is InChI=1S/C8H7NO6S/c1-4(10)9-5-2-3-6(11)8-7(5)14-16(12,13)15-8/h2-3,11H,1H3,(H,9,10). The summed E-state index contributed by atoms with van der Waals surface area (Å²) in [6.45, 7) is 1.25. The Balaban J connectivity index is 2.54. The van der Waals surface area contributed by atoms with Crippen LogP contribution in [-0.4, -0.2) is 19.4 Å². The molecule has 0 saturated heterocycles. The van der Waals surface area contributed by atoms with Gasteiger partial charge in [-0.2, -0.15) is 0 Å². The molecule has 86 valence electrons. The molecule has 2 N–H and O–H groups in total. The molecule has 0 bridgehead atoms. The van der Waals surface area contributed by atoms with Crippen LogP contribution in [0.5, 0.6) is 17.2 Å². The number of hydrogen-bond acceptors (Lipinski definition) is 6. The molecule has 0 atom stereocenters. The second-order valence-corrected chi connectivity index (χ2v) is 4.20. The Morgan fingerprint density at radius 2 is 1.94 bits per heavy atom. The van der Waals surface area contributed by atoms with Crippen LogP contribution < -0.4 is 13.7 Å². The highest BCUT2D eigenvalue weighted by Gasteiger charge is 2.34. The van der Waals surface area contributed by atoms with Gasteiger partial charge in [-0.25, -0.2) is 0 Å². The molecule has 1 aliphatic heterocycles. The van der Waals surface area contributed by atoms with Crippen molar-refractivity contribution in [3.05, 3.63) is 12.1 Å². The first kappa shape index (κ1) is 10.6. The zero-order valence-corrected chi connectivity index (χ0v) is 8.87. The number of anilines is 1. The maximum absolute atomic E-state index is 11.0. The fourth-order valence-electron chi connectivity index (χ4n) is 1.22. The number of fused-ring (bicyclic) bond motifs is 1. The second-order valence-electron chi connectivity index (χ2n) is 3.05. The van der Waals surface area contributed by atoms with Crippen molar-refractivity contribution in [3.8, 4) is 17.2 Å². The summed E-state index contributed by atoms with van der Waals surface area (Å²) in [6, 6.07) is 2.49. The smallest absolute Gasteiger partial charge is 0.501 e. The molecule has 0 aliphatic carbocycles. The van der Waals surface area contributed by atoms with E-state index in [1.54, 1.807) is 0 Å². The third kappa shape index (κ3) is 1.74. The number of carbonyl (C=O) groups is 1. The van der Waals surface area contributed by atoms with Crippen molar-refractivity contribution in [2.24, 2.45) is 0 Å². The van der Waals surface area contributed by atoms with Gasteiger partial charge in [0.05, 0.1) is 5.69 Å². The predicted octanol–water partition coefficient (Wildman–Crippen LogP) is 0.367. The van der Waals surface area contributed by atoms with Gasteiger partial charge in [0, 0.05) is 6.92 Å². The zero-order valence-electron chi connectivity index (χ0n) is 8.05. The summed E-state index contributed by atoms with van der Waals surface area (Å²) in [5, 5.41) is 11.7. The molecule has 2 rings (SSSR count). The van der Waals surface area contributed by atoms with Crippen LogP contribution in [0.15, 0.2) is 12.1 Å².